The maximum absolute atomic E-state index is 13.1. The molecule has 0 unspecified atom stereocenters. The van der Waals surface area contributed by atoms with Gasteiger partial charge in [-0.15, -0.1) is 18.3 Å². The quantitative estimate of drug-likeness (QED) is 0.334. The monoisotopic (exact) mass is 563 g/mol. The summed E-state index contributed by atoms with van der Waals surface area (Å²) in [5.41, 5.74) is 1.13. The molecule has 39 heavy (non-hydrogen) atoms. The molecule has 4 aromatic rings. The van der Waals surface area contributed by atoms with Gasteiger partial charge in [0.25, 0.3) is 5.89 Å². The lowest BCUT2D eigenvalue weighted by molar-refractivity contribution is -0.274. The summed E-state index contributed by atoms with van der Waals surface area (Å²) >= 11 is 0. The van der Waals surface area contributed by atoms with Crippen molar-refractivity contribution in [1.82, 2.24) is 34.1 Å². The SMILES string of the molecule is Cc1nc(-c2nc(-c3ccc(OC(F)(F)F)cc3)no2)nn1Cc1cccc(S(=O)(=O)N2CCN(C)CC2)c1. The summed E-state index contributed by atoms with van der Waals surface area (Å²) in [6.07, 6.45) is -4.79. The number of nitrogens with zero attached hydrogens (tertiary/aromatic N) is 7. The fourth-order valence-corrected chi connectivity index (χ4v) is 5.55. The Balaban J connectivity index is 1.31. The summed E-state index contributed by atoms with van der Waals surface area (Å²) in [6, 6.07) is 11.7. The molecular formula is C24H24F3N7O4S. The van der Waals surface area contributed by atoms with Gasteiger partial charge in [0.1, 0.15) is 11.6 Å². The largest absolute Gasteiger partial charge is 0.573 e. The second-order valence-corrected chi connectivity index (χ2v) is 10.9. The normalized spacial score (nSPS) is 15.5. The minimum atomic E-state index is -4.79. The number of aromatic nitrogens is 5. The maximum atomic E-state index is 13.1. The molecule has 0 N–H and O–H groups in total. The molecule has 2 aromatic heterocycles. The Bertz CT molecular complexity index is 1560. The van der Waals surface area contributed by atoms with Crippen molar-refractivity contribution in [2.24, 2.45) is 0 Å². The second kappa shape index (κ2) is 10.4. The predicted octanol–water partition coefficient (Wildman–Crippen LogP) is 3.19. The van der Waals surface area contributed by atoms with Gasteiger partial charge in [0.2, 0.25) is 21.7 Å². The molecule has 0 atom stereocenters. The third-order valence-corrected chi connectivity index (χ3v) is 8.05. The number of aryl methyl sites for hydroxylation is 1. The van der Waals surface area contributed by atoms with Gasteiger partial charge in [-0.3, -0.25) is 0 Å². The maximum Gasteiger partial charge on any atom is 0.573 e. The Morgan fingerprint density at radius 3 is 2.41 bits per heavy atom. The smallest absolute Gasteiger partial charge is 0.406 e. The number of halogens is 3. The molecule has 5 rings (SSSR count). The molecule has 0 amide bonds. The van der Waals surface area contributed by atoms with Gasteiger partial charge in [-0.05, 0) is 55.9 Å². The Morgan fingerprint density at radius 2 is 1.72 bits per heavy atom. The van der Waals surface area contributed by atoms with Crippen molar-refractivity contribution in [2.45, 2.75) is 24.7 Å². The van der Waals surface area contributed by atoms with E-state index in [1.54, 1.807) is 35.9 Å². The molecule has 1 aliphatic rings. The van der Waals surface area contributed by atoms with Crippen molar-refractivity contribution in [1.29, 1.82) is 0 Å². The number of sulfonamides is 1. The third kappa shape index (κ3) is 6.10. The van der Waals surface area contributed by atoms with Crippen LogP contribution in [0.4, 0.5) is 13.2 Å². The number of rotatable bonds is 7. The Hall–Kier alpha value is -3.82. The van der Waals surface area contributed by atoms with Gasteiger partial charge in [-0.2, -0.15) is 9.29 Å². The first-order valence-electron chi connectivity index (χ1n) is 11.9. The van der Waals surface area contributed by atoms with Gasteiger partial charge in [-0.25, -0.2) is 18.1 Å². The molecule has 0 radical (unpaired) electrons. The van der Waals surface area contributed by atoms with Gasteiger partial charge >= 0.3 is 6.36 Å². The molecule has 0 spiro atoms. The summed E-state index contributed by atoms with van der Waals surface area (Å²) in [5.74, 6) is 0.481. The highest BCUT2D eigenvalue weighted by Gasteiger charge is 2.31. The van der Waals surface area contributed by atoms with Crippen LogP contribution in [0, 0.1) is 6.92 Å². The van der Waals surface area contributed by atoms with Crippen molar-refractivity contribution in [3.05, 3.63) is 59.9 Å². The number of hydrogen-bond donors (Lipinski definition) is 0. The summed E-state index contributed by atoms with van der Waals surface area (Å²) < 4.78 is 75.7. The lowest BCUT2D eigenvalue weighted by Gasteiger charge is -2.31. The van der Waals surface area contributed by atoms with Crippen LogP contribution in [0.1, 0.15) is 11.4 Å². The highest BCUT2D eigenvalue weighted by Crippen LogP contribution is 2.26. The van der Waals surface area contributed by atoms with E-state index in [2.05, 4.69) is 29.9 Å². The highest BCUT2D eigenvalue weighted by atomic mass is 32.2. The average Bonchev–Trinajstić information content (AvgIpc) is 3.51. The summed E-state index contributed by atoms with van der Waals surface area (Å²) in [6.45, 7) is 4.22. The Kier molecular flexibility index (Phi) is 7.13. The van der Waals surface area contributed by atoms with Gasteiger partial charge in [0.05, 0.1) is 11.4 Å². The van der Waals surface area contributed by atoms with Crippen LogP contribution in [0.25, 0.3) is 23.1 Å². The van der Waals surface area contributed by atoms with Crippen molar-refractivity contribution in [2.75, 3.05) is 33.2 Å². The molecule has 1 aliphatic heterocycles. The standard InChI is InChI=1S/C24H24F3N7O4S/c1-16-28-22(23-29-21(31-38-23)18-6-8-19(9-7-18)37-24(25,26)27)30-34(16)15-17-4-3-5-20(14-17)39(35,36)33-12-10-32(2)11-13-33/h3-9,14H,10-13,15H2,1-2H3. The van der Waals surface area contributed by atoms with Gasteiger partial charge in [-0.1, -0.05) is 17.3 Å². The molecule has 11 nitrogen and oxygen atoms in total. The summed E-state index contributed by atoms with van der Waals surface area (Å²) in [4.78, 5) is 10.9. The number of ether oxygens (including phenoxy) is 1. The average molecular weight is 564 g/mol. The molecule has 15 heteroatoms. The van der Waals surface area contributed by atoms with E-state index in [4.69, 9.17) is 4.52 Å². The van der Waals surface area contributed by atoms with Crippen LogP contribution < -0.4 is 4.74 Å². The predicted molar refractivity (Wildman–Crippen MR) is 132 cm³/mol. The first-order valence-corrected chi connectivity index (χ1v) is 13.3. The first-order chi connectivity index (χ1) is 18.5. The Labute approximate surface area is 221 Å². The molecule has 1 fully saturated rings. The zero-order chi connectivity index (χ0) is 27.8. The van der Waals surface area contributed by atoms with E-state index in [1.807, 2.05) is 7.05 Å². The number of piperazine rings is 1. The van der Waals surface area contributed by atoms with Crippen LogP contribution in [-0.2, 0) is 16.6 Å². The molecule has 206 valence electrons. The van der Waals surface area contributed by atoms with Crippen LogP contribution in [0.15, 0.2) is 57.9 Å². The van der Waals surface area contributed by atoms with Crippen LogP contribution in [-0.4, -0.2) is 82.1 Å². The fourth-order valence-electron chi connectivity index (χ4n) is 4.05. The minimum Gasteiger partial charge on any atom is -0.406 e. The second-order valence-electron chi connectivity index (χ2n) is 8.99. The number of hydrogen-bond acceptors (Lipinski definition) is 9. The van der Waals surface area contributed by atoms with E-state index in [0.717, 1.165) is 17.7 Å². The molecule has 3 heterocycles. The minimum absolute atomic E-state index is 0.0221. The Morgan fingerprint density at radius 1 is 1.00 bits per heavy atom. The van der Waals surface area contributed by atoms with Gasteiger partial charge in [0.15, 0.2) is 0 Å². The zero-order valence-corrected chi connectivity index (χ0v) is 21.8. The van der Waals surface area contributed by atoms with E-state index in [9.17, 15) is 21.6 Å². The first kappa shape index (κ1) is 26.8. The lowest BCUT2D eigenvalue weighted by Crippen LogP contribution is -2.47. The van der Waals surface area contributed by atoms with Crippen LogP contribution >= 0.6 is 0 Å². The topological polar surface area (TPSA) is 119 Å². The number of likely N-dealkylation sites (N-methyl/N-ethyl adjacent to an activating group) is 1. The zero-order valence-electron chi connectivity index (χ0n) is 21.0. The summed E-state index contributed by atoms with van der Waals surface area (Å²) in [7, 11) is -1.66. The van der Waals surface area contributed by atoms with E-state index in [0.29, 0.717) is 37.6 Å². The third-order valence-electron chi connectivity index (χ3n) is 6.15. The fraction of sp³-hybridized carbons (Fsp3) is 0.333. The molecule has 0 aliphatic carbocycles. The van der Waals surface area contributed by atoms with Gasteiger partial charge in [0, 0.05) is 31.7 Å². The van der Waals surface area contributed by atoms with E-state index < -0.39 is 16.4 Å². The molecule has 1 saturated heterocycles. The van der Waals surface area contributed by atoms with E-state index >= 15 is 0 Å². The van der Waals surface area contributed by atoms with Gasteiger partial charge < -0.3 is 14.2 Å². The van der Waals surface area contributed by atoms with Crippen LogP contribution in [0.2, 0.25) is 0 Å². The van der Waals surface area contributed by atoms with Crippen molar-refractivity contribution >= 4 is 10.0 Å². The van der Waals surface area contributed by atoms with E-state index in [-0.39, 0.29) is 34.7 Å². The van der Waals surface area contributed by atoms with Crippen molar-refractivity contribution in [3.8, 4) is 28.9 Å². The van der Waals surface area contributed by atoms with Crippen molar-refractivity contribution < 1.29 is 30.8 Å². The lowest BCUT2D eigenvalue weighted by atomic mass is 10.2. The van der Waals surface area contributed by atoms with E-state index in [1.165, 1.54) is 16.4 Å². The molecule has 0 bridgehead atoms. The number of alkyl halides is 3. The highest BCUT2D eigenvalue weighted by molar-refractivity contribution is 7.89. The molecule has 0 saturated carbocycles. The number of benzene rings is 2. The van der Waals surface area contributed by atoms with Crippen molar-refractivity contribution in [3.63, 3.8) is 0 Å². The van der Waals surface area contributed by atoms with Crippen LogP contribution in [0.3, 0.4) is 0 Å². The molecule has 2 aromatic carbocycles. The summed E-state index contributed by atoms with van der Waals surface area (Å²) in [5, 5.41) is 8.29. The van der Waals surface area contributed by atoms with Crippen LogP contribution in [0.5, 0.6) is 5.75 Å². The molecular weight excluding hydrogens is 539 g/mol.